The summed E-state index contributed by atoms with van der Waals surface area (Å²) in [5.41, 5.74) is 0.969. The minimum Gasteiger partial charge on any atom is -0.497 e. The Hall–Kier alpha value is -2.24. The van der Waals surface area contributed by atoms with E-state index in [0.29, 0.717) is 22.7 Å². The molecule has 92 valence electrons. The Kier molecular flexibility index (Phi) is 3.92. The maximum absolute atomic E-state index is 11.1. The van der Waals surface area contributed by atoms with E-state index in [1.807, 2.05) is 0 Å². The molecule has 1 rings (SSSR count). The first-order chi connectivity index (χ1) is 7.99. The molecule has 0 heterocycles. The van der Waals surface area contributed by atoms with Crippen LogP contribution in [0.4, 0.5) is 5.69 Å². The first-order valence-electron chi connectivity index (χ1n) is 4.76. The predicted octanol–water partition coefficient (Wildman–Crippen LogP) is 1.04. The highest BCUT2D eigenvalue weighted by atomic mass is 16.5. The third kappa shape index (κ3) is 2.87. The van der Waals surface area contributed by atoms with Crippen molar-refractivity contribution in [2.24, 2.45) is 0 Å². The van der Waals surface area contributed by atoms with Crippen LogP contribution in [0.3, 0.4) is 0 Å². The SMILES string of the molecule is COc1cc(C)c(NC(=O)C(=O)O)c(OC)c1. The van der Waals surface area contributed by atoms with Gasteiger partial charge < -0.3 is 19.9 Å². The molecule has 0 aliphatic heterocycles. The summed E-state index contributed by atoms with van der Waals surface area (Å²) in [6.45, 7) is 1.71. The molecule has 0 unspecified atom stereocenters. The van der Waals surface area contributed by atoms with Gasteiger partial charge in [0.05, 0.1) is 19.9 Å². The number of carboxylic acids is 1. The molecule has 0 radical (unpaired) electrons. The van der Waals surface area contributed by atoms with E-state index in [-0.39, 0.29) is 0 Å². The third-order valence-corrected chi connectivity index (χ3v) is 2.16. The standard InChI is InChI=1S/C11H13NO5/c1-6-4-7(16-2)5-8(17-3)9(6)12-10(13)11(14)15/h4-5H,1-3H3,(H,12,13)(H,14,15). The number of amides is 1. The van der Waals surface area contributed by atoms with Gasteiger partial charge >= 0.3 is 11.9 Å². The summed E-state index contributed by atoms with van der Waals surface area (Å²) in [7, 11) is 2.92. The number of methoxy groups -OCH3 is 2. The lowest BCUT2D eigenvalue weighted by Gasteiger charge is -2.13. The number of hydrogen-bond acceptors (Lipinski definition) is 4. The van der Waals surface area contributed by atoms with Crippen molar-refractivity contribution in [1.29, 1.82) is 0 Å². The zero-order valence-corrected chi connectivity index (χ0v) is 9.73. The smallest absolute Gasteiger partial charge is 0.394 e. The van der Waals surface area contributed by atoms with Crippen molar-refractivity contribution in [1.82, 2.24) is 0 Å². The lowest BCUT2D eigenvalue weighted by atomic mass is 10.1. The predicted molar refractivity (Wildman–Crippen MR) is 60.5 cm³/mol. The molecule has 6 heteroatoms. The maximum Gasteiger partial charge on any atom is 0.394 e. The monoisotopic (exact) mass is 239 g/mol. The number of carbonyl (C=O) groups excluding carboxylic acids is 1. The molecule has 17 heavy (non-hydrogen) atoms. The van der Waals surface area contributed by atoms with E-state index in [9.17, 15) is 9.59 Å². The van der Waals surface area contributed by atoms with E-state index >= 15 is 0 Å². The van der Waals surface area contributed by atoms with Gasteiger partial charge in [-0.3, -0.25) is 4.79 Å². The van der Waals surface area contributed by atoms with E-state index in [1.165, 1.54) is 14.2 Å². The second kappa shape index (κ2) is 5.20. The molecule has 0 spiro atoms. The Morgan fingerprint density at radius 3 is 2.35 bits per heavy atom. The van der Waals surface area contributed by atoms with Crippen molar-refractivity contribution in [2.75, 3.05) is 19.5 Å². The molecule has 6 nitrogen and oxygen atoms in total. The molecule has 0 aliphatic rings. The molecule has 0 saturated heterocycles. The molecule has 0 aromatic heterocycles. The van der Waals surface area contributed by atoms with Crippen LogP contribution in [0.25, 0.3) is 0 Å². The number of benzene rings is 1. The number of carboxylic acid groups (broad SMARTS) is 1. The van der Waals surface area contributed by atoms with Gasteiger partial charge in [0.25, 0.3) is 0 Å². The molecule has 2 N–H and O–H groups in total. The van der Waals surface area contributed by atoms with Gasteiger partial charge in [-0.05, 0) is 18.6 Å². The average molecular weight is 239 g/mol. The van der Waals surface area contributed by atoms with Gasteiger partial charge in [0.15, 0.2) is 0 Å². The van der Waals surface area contributed by atoms with Crippen LogP contribution in [-0.2, 0) is 9.59 Å². The minimum atomic E-state index is -1.55. The van der Waals surface area contributed by atoms with E-state index in [1.54, 1.807) is 19.1 Å². The van der Waals surface area contributed by atoms with Crippen LogP contribution >= 0.6 is 0 Å². The van der Waals surface area contributed by atoms with Crippen LogP contribution in [0.15, 0.2) is 12.1 Å². The largest absolute Gasteiger partial charge is 0.497 e. The van der Waals surface area contributed by atoms with Gasteiger partial charge in [0.2, 0.25) is 0 Å². The van der Waals surface area contributed by atoms with Gasteiger partial charge in [0.1, 0.15) is 11.5 Å². The summed E-state index contributed by atoms with van der Waals surface area (Å²) >= 11 is 0. The second-order valence-electron chi connectivity index (χ2n) is 3.28. The number of hydrogen-bond donors (Lipinski definition) is 2. The Morgan fingerprint density at radius 2 is 1.88 bits per heavy atom. The number of carbonyl (C=O) groups is 2. The van der Waals surface area contributed by atoms with E-state index in [4.69, 9.17) is 14.6 Å². The molecule has 0 saturated carbocycles. The molecule has 0 fully saturated rings. The Labute approximate surface area is 98.2 Å². The highest BCUT2D eigenvalue weighted by Gasteiger charge is 2.16. The minimum absolute atomic E-state index is 0.320. The average Bonchev–Trinajstić information content (AvgIpc) is 2.30. The molecular weight excluding hydrogens is 226 g/mol. The lowest BCUT2D eigenvalue weighted by molar-refractivity contribution is -0.147. The van der Waals surface area contributed by atoms with Crippen LogP contribution in [0, 0.1) is 6.92 Å². The van der Waals surface area contributed by atoms with Crippen molar-refractivity contribution in [3.8, 4) is 11.5 Å². The molecule has 0 aliphatic carbocycles. The van der Waals surface area contributed by atoms with Gasteiger partial charge in [-0.1, -0.05) is 0 Å². The zero-order valence-electron chi connectivity index (χ0n) is 9.73. The summed E-state index contributed by atoms with van der Waals surface area (Å²) in [4.78, 5) is 21.5. The van der Waals surface area contributed by atoms with Crippen molar-refractivity contribution >= 4 is 17.6 Å². The van der Waals surface area contributed by atoms with Crippen LogP contribution in [0.5, 0.6) is 11.5 Å². The first kappa shape index (κ1) is 12.8. The van der Waals surface area contributed by atoms with Crippen LogP contribution in [0.2, 0.25) is 0 Å². The highest BCUT2D eigenvalue weighted by Crippen LogP contribution is 2.32. The number of rotatable bonds is 3. The fraction of sp³-hybridized carbons (Fsp3) is 0.273. The zero-order chi connectivity index (χ0) is 13.0. The Morgan fingerprint density at radius 1 is 1.24 bits per heavy atom. The Bertz CT molecular complexity index is 455. The Balaban J connectivity index is 3.14. The van der Waals surface area contributed by atoms with Gasteiger partial charge in [-0.25, -0.2) is 4.79 Å². The third-order valence-electron chi connectivity index (χ3n) is 2.16. The topological polar surface area (TPSA) is 84.9 Å². The van der Waals surface area contributed by atoms with Crippen LogP contribution in [-0.4, -0.2) is 31.2 Å². The summed E-state index contributed by atoms with van der Waals surface area (Å²) in [6.07, 6.45) is 0. The van der Waals surface area contributed by atoms with Crippen molar-refractivity contribution in [3.63, 3.8) is 0 Å². The number of nitrogens with one attached hydrogen (secondary N) is 1. The summed E-state index contributed by atoms with van der Waals surface area (Å²) in [6, 6.07) is 3.23. The van der Waals surface area contributed by atoms with Gasteiger partial charge in [-0.2, -0.15) is 0 Å². The number of aryl methyl sites for hydroxylation is 1. The quantitative estimate of drug-likeness (QED) is 0.770. The highest BCUT2D eigenvalue weighted by molar-refractivity contribution is 6.36. The summed E-state index contributed by atoms with van der Waals surface area (Å²) < 4.78 is 10.1. The number of ether oxygens (including phenoxy) is 2. The van der Waals surface area contributed by atoms with Crippen LogP contribution < -0.4 is 14.8 Å². The van der Waals surface area contributed by atoms with E-state index in [2.05, 4.69) is 5.32 Å². The molecular formula is C11H13NO5. The van der Waals surface area contributed by atoms with E-state index in [0.717, 1.165) is 0 Å². The lowest BCUT2D eigenvalue weighted by Crippen LogP contribution is -2.22. The molecule has 1 aromatic carbocycles. The van der Waals surface area contributed by atoms with Crippen LogP contribution in [0.1, 0.15) is 5.56 Å². The van der Waals surface area contributed by atoms with Crippen molar-refractivity contribution < 1.29 is 24.2 Å². The molecule has 0 bridgehead atoms. The number of anilines is 1. The first-order valence-corrected chi connectivity index (χ1v) is 4.76. The summed E-state index contributed by atoms with van der Waals surface area (Å²) in [5.74, 6) is -1.76. The number of aliphatic carboxylic acids is 1. The molecule has 0 atom stereocenters. The molecule has 1 aromatic rings. The normalized spacial score (nSPS) is 9.59. The fourth-order valence-corrected chi connectivity index (χ4v) is 1.33. The molecule has 1 amide bonds. The van der Waals surface area contributed by atoms with Crippen molar-refractivity contribution in [3.05, 3.63) is 17.7 Å². The summed E-state index contributed by atoms with van der Waals surface area (Å²) in [5, 5.41) is 10.8. The van der Waals surface area contributed by atoms with Crippen molar-refractivity contribution in [2.45, 2.75) is 6.92 Å². The van der Waals surface area contributed by atoms with E-state index < -0.39 is 11.9 Å². The second-order valence-corrected chi connectivity index (χ2v) is 3.28. The maximum atomic E-state index is 11.1. The fourth-order valence-electron chi connectivity index (χ4n) is 1.33. The van der Waals surface area contributed by atoms with Gasteiger partial charge in [0, 0.05) is 6.07 Å². The van der Waals surface area contributed by atoms with Gasteiger partial charge in [-0.15, -0.1) is 0 Å².